The van der Waals surface area contributed by atoms with Crippen molar-refractivity contribution >= 4 is 34.2 Å². The summed E-state index contributed by atoms with van der Waals surface area (Å²) in [6.45, 7) is 0. The van der Waals surface area contributed by atoms with Gasteiger partial charge in [-0.1, -0.05) is 48.0 Å². The van der Waals surface area contributed by atoms with E-state index in [0.717, 1.165) is 27.7 Å². The highest BCUT2D eigenvalue weighted by molar-refractivity contribution is 6.34. The van der Waals surface area contributed by atoms with Crippen molar-refractivity contribution in [2.45, 2.75) is 11.8 Å². The van der Waals surface area contributed by atoms with Gasteiger partial charge in [-0.15, -0.1) is 0 Å². The summed E-state index contributed by atoms with van der Waals surface area (Å²) in [5.41, 5.74) is 4.11. The Balaban J connectivity index is 0.000000493. The molecule has 41 heavy (non-hydrogen) atoms. The molecule has 0 aliphatic rings. The van der Waals surface area contributed by atoms with E-state index in [0.29, 0.717) is 22.0 Å². The number of rotatable bonds is 5. The molecule has 0 saturated heterocycles. The number of fused-ring (bicyclic) bond motifs is 1. The Morgan fingerprint density at radius 1 is 0.976 bits per heavy atom. The van der Waals surface area contributed by atoms with Crippen molar-refractivity contribution < 1.29 is 28.2 Å². The third-order valence-electron chi connectivity index (χ3n) is 6.37. The van der Waals surface area contributed by atoms with Crippen molar-refractivity contribution in [2.75, 3.05) is 19.0 Å². The third kappa shape index (κ3) is 5.86. The lowest BCUT2D eigenvalue weighted by atomic mass is 9.83. The van der Waals surface area contributed by atoms with Crippen LogP contribution in [0.5, 0.6) is 0 Å². The summed E-state index contributed by atoms with van der Waals surface area (Å²) in [6, 6.07) is 19.4. The maximum absolute atomic E-state index is 12.3. The molecule has 212 valence electrons. The van der Waals surface area contributed by atoms with E-state index in [1.54, 1.807) is 24.9 Å². The zero-order valence-corrected chi connectivity index (χ0v) is 22.9. The minimum atomic E-state index is -5.08. The van der Waals surface area contributed by atoms with Gasteiger partial charge in [-0.2, -0.15) is 13.2 Å². The molecule has 8 nitrogen and oxygen atoms in total. The van der Waals surface area contributed by atoms with Crippen LogP contribution in [-0.4, -0.2) is 56.0 Å². The number of carboxylic acids is 1. The van der Waals surface area contributed by atoms with Gasteiger partial charge in [0.05, 0.1) is 29.4 Å². The molecule has 0 radical (unpaired) electrons. The van der Waals surface area contributed by atoms with Gasteiger partial charge in [0.2, 0.25) is 0 Å². The molecule has 5 aromatic rings. The fraction of sp³-hybridized carbons (Fsp3) is 0.172. The van der Waals surface area contributed by atoms with Crippen LogP contribution >= 0.6 is 11.6 Å². The molecule has 5 rings (SSSR count). The number of pyridine rings is 2. The fourth-order valence-corrected chi connectivity index (χ4v) is 4.82. The number of aromatic nitrogens is 4. The molecule has 1 atom stereocenters. The molecule has 2 aromatic carbocycles. The Bertz CT molecular complexity index is 1680. The molecule has 0 bridgehead atoms. The summed E-state index contributed by atoms with van der Waals surface area (Å²) in [5, 5.41) is 20.7. The third-order valence-corrected chi connectivity index (χ3v) is 6.64. The van der Waals surface area contributed by atoms with Crippen LogP contribution < -0.4 is 4.90 Å². The van der Waals surface area contributed by atoms with E-state index in [2.05, 4.69) is 9.97 Å². The Hall–Kier alpha value is -4.48. The van der Waals surface area contributed by atoms with Crippen molar-refractivity contribution in [3.63, 3.8) is 0 Å². The van der Waals surface area contributed by atoms with Gasteiger partial charge in [0, 0.05) is 44.5 Å². The van der Waals surface area contributed by atoms with Crippen molar-refractivity contribution in [1.82, 2.24) is 19.5 Å². The van der Waals surface area contributed by atoms with Crippen molar-refractivity contribution in [3.8, 4) is 11.1 Å². The molecule has 0 aliphatic carbocycles. The number of alkyl halides is 3. The van der Waals surface area contributed by atoms with Crippen LogP contribution in [0.3, 0.4) is 0 Å². The number of anilines is 1. The topological polar surface area (TPSA) is 104 Å². The number of hydrogen-bond acceptors (Lipinski definition) is 6. The van der Waals surface area contributed by atoms with Crippen LogP contribution in [0.1, 0.15) is 16.8 Å². The highest BCUT2D eigenvalue weighted by Crippen LogP contribution is 2.43. The van der Waals surface area contributed by atoms with E-state index in [-0.39, 0.29) is 0 Å². The zero-order chi connectivity index (χ0) is 29.9. The average molecular weight is 584 g/mol. The molecule has 0 amide bonds. The smallest absolute Gasteiger partial charge is 0.475 e. The van der Waals surface area contributed by atoms with Gasteiger partial charge in [-0.25, -0.2) is 14.8 Å². The maximum atomic E-state index is 12.3. The Morgan fingerprint density at radius 2 is 1.61 bits per heavy atom. The zero-order valence-electron chi connectivity index (χ0n) is 22.1. The predicted octanol–water partition coefficient (Wildman–Crippen LogP) is 5.67. The number of nitrogens with zero attached hydrogens (tertiary/aromatic N) is 5. The number of halogens is 4. The highest BCUT2D eigenvalue weighted by Gasteiger charge is 2.38. The van der Waals surface area contributed by atoms with Gasteiger partial charge in [0.1, 0.15) is 5.15 Å². The number of benzene rings is 2. The largest absolute Gasteiger partial charge is 0.490 e. The molecule has 0 aliphatic heterocycles. The van der Waals surface area contributed by atoms with E-state index in [4.69, 9.17) is 26.5 Å². The standard InChI is InChI=1S/C27H24ClN5O.C2HF3O2/c1-32(2)25-21-15-20(9-10-22(21)31-26(28)24(25)18-7-5-4-6-8-18)27(34,19-11-13-29-14-12-19)23-16-30-17-33(23)3;3-2(4,5)1(6)7/h4-17,34H,1-3H3;(H,6,7). The van der Waals surface area contributed by atoms with E-state index in [1.165, 1.54) is 0 Å². The minimum Gasteiger partial charge on any atom is -0.475 e. The van der Waals surface area contributed by atoms with E-state index in [9.17, 15) is 18.3 Å². The molecular weight excluding hydrogens is 559 g/mol. The van der Waals surface area contributed by atoms with E-state index < -0.39 is 17.7 Å². The molecule has 12 heteroatoms. The fourth-order valence-electron chi connectivity index (χ4n) is 4.53. The molecule has 0 fully saturated rings. The molecule has 0 spiro atoms. The van der Waals surface area contributed by atoms with Crippen LogP contribution in [0.2, 0.25) is 5.15 Å². The Labute approximate surface area is 238 Å². The normalized spacial score (nSPS) is 12.8. The predicted molar refractivity (Wildman–Crippen MR) is 150 cm³/mol. The first-order valence-electron chi connectivity index (χ1n) is 12.1. The SMILES string of the molecule is CN(C)c1c(-c2ccccc2)c(Cl)nc2ccc(C(O)(c3ccncc3)c3cncn3C)cc12.O=C(O)C(F)(F)F. The second kappa shape index (κ2) is 11.6. The number of imidazole rings is 1. The summed E-state index contributed by atoms with van der Waals surface area (Å²) in [7, 11) is 5.84. The number of aryl methyl sites for hydroxylation is 1. The number of hydrogen-bond donors (Lipinski definition) is 2. The van der Waals surface area contributed by atoms with E-state index in [1.807, 2.05) is 91.3 Å². The van der Waals surface area contributed by atoms with Gasteiger partial charge in [-0.3, -0.25) is 4.98 Å². The quantitative estimate of drug-likeness (QED) is 0.257. The van der Waals surface area contributed by atoms with Gasteiger partial charge in [-0.05, 0) is 41.0 Å². The number of carbonyl (C=O) groups is 1. The first-order valence-corrected chi connectivity index (χ1v) is 12.5. The number of aliphatic hydroxyl groups is 1. The van der Waals surface area contributed by atoms with Gasteiger partial charge < -0.3 is 19.7 Å². The average Bonchev–Trinajstić information content (AvgIpc) is 3.38. The Morgan fingerprint density at radius 3 is 2.15 bits per heavy atom. The maximum Gasteiger partial charge on any atom is 0.490 e. The van der Waals surface area contributed by atoms with Gasteiger partial charge >= 0.3 is 12.1 Å². The van der Waals surface area contributed by atoms with Crippen LogP contribution in [0.15, 0.2) is 85.6 Å². The summed E-state index contributed by atoms with van der Waals surface area (Å²) in [4.78, 5) is 24.0. The van der Waals surface area contributed by atoms with Gasteiger partial charge in [0.15, 0.2) is 5.60 Å². The summed E-state index contributed by atoms with van der Waals surface area (Å²) >= 11 is 6.71. The molecular formula is C29H25ClF3N5O3. The van der Waals surface area contributed by atoms with Crippen molar-refractivity contribution in [1.29, 1.82) is 0 Å². The first-order chi connectivity index (χ1) is 19.4. The van der Waals surface area contributed by atoms with Crippen LogP contribution in [0.4, 0.5) is 18.9 Å². The lowest BCUT2D eigenvalue weighted by molar-refractivity contribution is -0.192. The van der Waals surface area contributed by atoms with Crippen LogP contribution in [0, 0.1) is 0 Å². The summed E-state index contributed by atoms with van der Waals surface area (Å²) in [6.07, 6.45) is 1.64. The molecule has 1 unspecified atom stereocenters. The van der Waals surface area contributed by atoms with Gasteiger partial charge in [0.25, 0.3) is 0 Å². The van der Waals surface area contributed by atoms with E-state index >= 15 is 0 Å². The van der Waals surface area contributed by atoms with Crippen LogP contribution in [0.25, 0.3) is 22.0 Å². The lowest BCUT2D eigenvalue weighted by Gasteiger charge is -2.30. The number of carboxylic acid groups (broad SMARTS) is 1. The minimum absolute atomic E-state index is 0.436. The Kier molecular flexibility index (Phi) is 8.32. The summed E-state index contributed by atoms with van der Waals surface area (Å²) in [5.74, 6) is -2.76. The molecule has 0 saturated carbocycles. The molecule has 3 aromatic heterocycles. The highest BCUT2D eigenvalue weighted by atomic mass is 35.5. The molecule has 3 heterocycles. The second-order valence-electron chi connectivity index (χ2n) is 9.26. The monoisotopic (exact) mass is 583 g/mol. The second-order valence-corrected chi connectivity index (χ2v) is 9.62. The summed E-state index contributed by atoms with van der Waals surface area (Å²) < 4.78 is 33.6. The van der Waals surface area contributed by atoms with Crippen LogP contribution in [-0.2, 0) is 17.4 Å². The number of aliphatic carboxylic acids is 1. The molecule has 2 N–H and O–H groups in total. The van der Waals surface area contributed by atoms with Crippen molar-refractivity contribution in [3.05, 3.63) is 108 Å². The lowest BCUT2D eigenvalue weighted by Crippen LogP contribution is -2.31. The first kappa shape index (κ1) is 29.5. The van der Waals surface area contributed by atoms with Crippen molar-refractivity contribution in [2.24, 2.45) is 7.05 Å².